The molecular weight excluding hydrogens is 629 g/mol. The van der Waals surface area contributed by atoms with E-state index >= 15 is 0 Å². The van der Waals surface area contributed by atoms with Crippen molar-refractivity contribution < 1.29 is 18.0 Å². The average molecular weight is 667 g/mol. The lowest BCUT2D eigenvalue weighted by atomic mass is 10.0. The van der Waals surface area contributed by atoms with Gasteiger partial charge in [0.15, 0.2) is 0 Å². The Morgan fingerprint density at radius 2 is 1.44 bits per heavy atom. The molecule has 0 aliphatic rings. The van der Waals surface area contributed by atoms with Gasteiger partial charge in [0.2, 0.25) is 11.8 Å². The number of aryl methyl sites for hydroxylation is 1. The van der Waals surface area contributed by atoms with Crippen molar-refractivity contribution in [3.63, 3.8) is 0 Å². The fourth-order valence-corrected chi connectivity index (χ4v) is 6.66. The highest BCUT2D eigenvalue weighted by atomic mass is 35.5. The molecule has 4 aromatic rings. The average Bonchev–Trinajstić information content (AvgIpc) is 3.03. The molecule has 0 saturated carbocycles. The summed E-state index contributed by atoms with van der Waals surface area (Å²) in [5.74, 6) is -0.906. The number of nitrogens with zero attached hydrogens (tertiary/aromatic N) is 2. The van der Waals surface area contributed by atoms with E-state index in [1.54, 1.807) is 18.2 Å². The minimum Gasteiger partial charge on any atom is -0.352 e. The maximum atomic E-state index is 14.5. The number of halogens is 2. The summed E-state index contributed by atoms with van der Waals surface area (Å²) in [5, 5.41) is 3.39. The number of amides is 2. The van der Waals surface area contributed by atoms with Crippen molar-refractivity contribution in [3.8, 4) is 0 Å². The lowest BCUT2D eigenvalue weighted by Crippen LogP contribution is -2.54. The predicted octanol–water partition coefficient (Wildman–Crippen LogP) is 7.05. The Bertz CT molecular complexity index is 1700. The van der Waals surface area contributed by atoms with Crippen LogP contribution in [0.4, 0.5) is 5.69 Å². The molecule has 0 fully saturated rings. The van der Waals surface area contributed by atoms with E-state index in [4.69, 9.17) is 23.2 Å². The van der Waals surface area contributed by atoms with Gasteiger partial charge in [-0.2, -0.15) is 0 Å². The van der Waals surface area contributed by atoms with Crippen LogP contribution in [0.25, 0.3) is 0 Å². The molecule has 0 aliphatic heterocycles. The van der Waals surface area contributed by atoms with Gasteiger partial charge in [0.25, 0.3) is 10.0 Å². The molecular formula is C35H37Cl2N3O4S. The van der Waals surface area contributed by atoms with Crippen molar-refractivity contribution in [2.45, 2.75) is 57.1 Å². The van der Waals surface area contributed by atoms with Crippen molar-refractivity contribution in [1.82, 2.24) is 10.2 Å². The third-order valence-corrected chi connectivity index (χ3v) is 9.86. The second kappa shape index (κ2) is 15.4. The van der Waals surface area contributed by atoms with Gasteiger partial charge in [0.05, 0.1) is 15.6 Å². The first-order valence-corrected chi connectivity index (χ1v) is 16.9. The van der Waals surface area contributed by atoms with Gasteiger partial charge in [-0.3, -0.25) is 13.9 Å². The molecule has 1 N–H and O–H groups in total. The molecule has 7 nitrogen and oxygen atoms in total. The molecule has 4 rings (SSSR count). The molecule has 2 atom stereocenters. The monoisotopic (exact) mass is 665 g/mol. The van der Waals surface area contributed by atoms with Gasteiger partial charge in [0.1, 0.15) is 12.6 Å². The summed E-state index contributed by atoms with van der Waals surface area (Å²) in [5.41, 5.74) is 2.58. The van der Waals surface area contributed by atoms with E-state index in [9.17, 15) is 18.0 Å². The first-order chi connectivity index (χ1) is 21.5. The van der Waals surface area contributed by atoms with Crippen LogP contribution in [0.5, 0.6) is 0 Å². The van der Waals surface area contributed by atoms with Crippen LogP contribution in [0.1, 0.15) is 37.0 Å². The molecule has 0 aliphatic carbocycles. The third kappa shape index (κ3) is 8.87. The lowest BCUT2D eigenvalue weighted by molar-refractivity contribution is -0.140. The van der Waals surface area contributed by atoms with Crippen molar-refractivity contribution in [2.24, 2.45) is 0 Å². The molecule has 236 valence electrons. The summed E-state index contributed by atoms with van der Waals surface area (Å²) in [6, 6.07) is 28.4. The number of hydrogen-bond acceptors (Lipinski definition) is 4. The number of nitrogens with one attached hydrogen (secondary N) is 1. The molecule has 0 spiro atoms. The molecule has 2 unspecified atom stereocenters. The standard InChI is InChI=1S/C35H37Cl2N3O4S/c1-4-26(3)38-35(42)33(21-27-11-7-5-8-12-27)39(23-28-13-9-6-10-14-28)34(41)24-40(32-22-29(36)17-20-31(32)37)45(43,44)30-18-15-25(2)16-19-30/h5-20,22,26,33H,4,21,23-24H2,1-3H3,(H,38,42). The number of hydrogen-bond donors (Lipinski definition) is 1. The molecule has 45 heavy (non-hydrogen) atoms. The van der Waals surface area contributed by atoms with E-state index in [2.05, 4.69) is 5.32 Å². The highest BCUT2D eigenvalue weighted by Crippen LogP contribution is 2.33. The Labute approximate surface area is 275 Å². The fourth-order valence-electron chi connectivity index (χ4n) is 4.80. The Hall–Kier alpha value is -3.85. The first kappa shape index (κ1) is 34.0. The van der Waals surface area contributed by atoms with Gasteiger partial charge in [-0.05, 0) is 61.7 Å². The van der Waals surface area contributed by atoms with Crippen LogP contribution >= 0.6 is 23.2 Å². The summed E-state index contributed by atoms with van der Waals surface area (Å²) < 4.78 is 29.3. The van der Waals surface area contributed by atoms with Crippen LogP contribution in [0.2, 0.25) is 10.0 Å². The van der Waals surface area contributed by atoms with Gasteiger partial charge >= 0.3 is 0 Å². The lowest BCUT2D eigenvalue weighted by Gasteiger charge is -2.34. The van der Waals surface area contributed by atoms with Gasteiger partial charge in [0, 0.05) is 24.0 Å². The molecule has 0 radical (unpaired) electrons. The van der Waals surface area contributed by atoms with Crippen LogP contribution < -0.4 is 9.62 Å². The molecule has 0 bridgehead atoms. The zero-order valence-electron chi connectivity index (χ0n) is 25.5. The Balaban J connectivity index is 1.82. The molecule has 2 amide bonds. The number of benzene rings is 4. The molecule has 0 saturated heterocycles. The summed E-state index contributed by atoms with van der Waals surface area (Å²) in [6.07, 6.45) is 0.927. The number of sulfonamides is 1. The normalized spacial score (nSPS) is 12.6. The van der Waals surface area contributed by atoms with Crippen molar-refractivity contribution in [1.29, 1.82) is 0 Å². The van der Waals surface area contributed by atoms with Crippen LogP contribution in [-0.4, -0.2) is 43.8 Å². The third-order valence-electron chi connectivity index (χ3n) is 7.53. The van der Waals surface area contributed by atoms with E-state index in [1.165, 1.54) is 29.2 Å². The quantitative estimate of drug-likeness (QED) is 0.166. The maximum Gasteiger partial charge on any atom is 0.264 e. The zero-order chi connectivity index (χ0) is 32.6. The summed E-state index contributed by atoms with van der Waals surface area (Å²) in [4.78, 5) is 29.8. The Morgan fingerprint density at radius 3 is 2.04 bits per heavy atom. The second-order valence-electron chi connectivity index (χ2n) is 11.0. The molecule has 4 aromatic carbocycles. The zero-order valence-corrected chi connectivity index (χ0v) is 27.8. The molecule has 10 heteroatoms. The van der Waals surface area contributed by atoms with E-state index in [0.717, 1.165) is 21.0 Å². The fraction of sp³-hybridized carbons (Fsp3) is 0.257. The maximum absolute atomic E-state index is 14.5. The van der Waals surface area contributed by atoms with Crippen molar-refractivity contribution in [2.75, 3.05) is 10.8 Å². The number of carbonyl (C=O) groups is 2. The van der Waals surface area contributed by atoms with E-state index in [0.29, 0.717) is 6.42 Å². The van der Waals surface area contributed by atoms with E-state index in [1.807, 2.05) is 81.4 Å². The van der Waals surface area contributed by atoms with Gasteiger partial charge in [-0.25, -0.2) is 8.42 Å². The van der Waals surface area contributed by atoms with Crippen LogP contribution in [0.3, 0.4) is 0 Å². The first-order valence-electron chi connectivity index (χ1n) is 14.7. The summed E-state index contributed by atoms with van der Waals surface area (Å²) >= 11 is 12.8. The largest absolute Gasteiger partial charge is 0.352 e. The van der Waals surface area contributed by atoms with Crippen molar-refractivity contribution >= 4 is 50.7 Å². The van der Waals surface area contributed by atoms with Gasteiger partial charge < -0.3 is 10.2 Å². The van der Waals surface area contributed by atoms with E-state index < -0.39 is 28.5 Å². The van der Waals surface area contributed by atoms with Crippen LogP contribution in [0, 0.1) is 6.92 Å². The van der Waals surface area contributed by atoms with E-state index in [-0.39, 0.29) is 45.5 Å². The SMILES string of the molecule is CCC(C)NC(=O)C(Cc1ccccc1)N(Cc1ccccc1)C(=O)CN(c1cc(Cl)ccc1Cl)S(=O)(=O)c1ccc(C)cc1. The number of anilines is 1. The minimum atomic E-state index is -4.30. The predicted molar refractivity (Wildman–Crippen MR) is 181 cm³/mol. The van der Waals surface area contributed by atoms with Crippen LogP contribution in [0.15, 0.2) is 108 Å². The minimum absolute atomic E-state index is 0.0121. The molecule has 0 aromatic heterocycles. The smallest absolute Gasteiger partial charge is 0.264 e. The topological polar surface area (TPSA) is 86.8 Å². The van der Waals surface area contributed by atoms with Crippen molar-refractivity contribution in [3.05, 3.63) is 130 Å². The Kier molecular flexibility index (Phi) is 11.7. The highest BCUT2D eigenvalue weighted by Gasteiger charge is 2.35. The van der Waals surface area contributed by atoms with Gasteiger partial charge in [-0.15, -0.1) is 0 Å². The van der Waals surface area contributed by atoms with Gasteiger partial charge in [-0.1, -0.05) is 108 Å². The summed E-state index contributed by atoms with van der Waals surface area (Å²) in [6.45, 7) is 5.17. The van der Waals surface area contributed by atoms with Crippen LogP contribution in [-0.2, 0) is 32.6 Å². The Morgan fingerprint density at radius 1 is 0.844 bits per heavy atom. The number of carbonyl (C=O) groups excluding carboxylic acids is 2. The molecule has 0 heterocycles. The summed E-state index contributed by atoms with van der Waals surface area (Å²) in [7, 11) is -4.30. The highest BCUT2D eigenvalue weighted by molar-refractivity contribution is 7.92. The number of rotatable bonds is 13. The second-order valence-corrected chi connectivity index (χ2v) is 13.7.